The lowest BCUT2D eigenvalue weighted by molar-refractivity contribution is -0.118. The zero-order chi connectivity index (χ0) is 10.6. The van der Waals surface area contributed by atoms with Gasteiger partial charge in [-0.1, -0.05) is 15.9 Å². The van der Waals surface area contributed by atoms with Gasteiger partial charge in [-0.3, -0.25) is 4.79 Å². The first-order valence-corrected chi connectivity index (χ1v) is 4.85. The number of aliphatic hydroxyl groups is 1. The number of nitrogens with one attached hydrogen (secondary N) is 1. The van der Waals surface area contributed by atoms with Crippen molar-refractivity contribution < 1.29 is 9.90 Å². The van der Waals surface area contributed by atoms with Crippen LogP contribution in [0.2, 0.25) is 0 Å². The van der Waals surface area contributed by atoms with Crippen molar-refractivity contribution in [3.8, 4) is 0 Å². The Morgan fingerprint density at radius 3 is 2.57 bits per heavy atom. The third-order valence-electron chi connectivity index (χ3n) is 1.65. The number of hydrogen-bond donors (Lipinski definition) is 3. The second-order valence-electron chi connectivity index (χ2n) is 2.79. The molecule has 1 unspecified atom stereocenters. The first-order valence-electron chi connectivity index (χ1n) is 4.06. The van der Waals surface area contributed by atoms with Crippen LogP contribution in [0.3, 0.4) is 0 Å². The summed E-state index contributed by atoms with van der Waals surface area (Å²) in [6.07, 6.45) is 0. The smallest absolute Gasteiger partial charge is 0.243 e. The van der Waals surface area contributed by atoms with Gasteiger partial charge in [0.05, 0.1) is 6.61 Å². The average Bonchev–Trinajstić information content (AvgIpc) is 2.20. The molecule has 4 nitrogen and oxygen atoms in total. The Morgan fingerprint density at radius 2 is 2.07 bits per heavy atom. The van der Waals surface area contributed by atoms with Gasteiger partial charge >= 0.3 is 0 Å². The maximum Gasteiger partial charge on any atom is 0.243 e. The summed E-state index contributed by atoms with van der Waals surface area (Å²) < 4.78 is 0.932. The topological polar surface area (TPSA) is 75.3 Å². The minimum absolute atomic E-state index is 0.359. The van der Waals surface area contributed by atoms with Gasteiger partial charge in [-0.05, 0) is 24.3 Å². The Hall–Kier alpha value is -0.910. The molecule has 1 atom stereocenters. The molecular weight excluding hydrogens is 248 g/mol. The van der Waals surface area contributed by atoms with E-state index in [2.05, 4.69) is 21.2 Å². The zero-order valence-corrected chi connectivity index (χ0v) is 8.99. The largest absolute Gasteiger partial charge is 0.394 e. The summed E-state index contributed by atoms with van der Waals surface area (Å²) in [5.41, 5.74) is 5.98. The monoisotopic (exact) mass is 258 g/mol. The molecule has 5 heteroatoms. The van der Waals surface area contributed by atoms with E-state index in [1.54, 1.807) is 24.3 Å². The molecule has 0 spiro atoms. The molecule has 0 fully saturated rings. The standard InChI is InChI=1S/C9H11BrN2O2/c10-6-1-3-7(4-2-6)12-9(14)8(11)5-13/h1-4,8,13H,5,11H2,(H,12,14). The molecule has 0 saturated heterocycles. The van der Waals surface area contributed by atoms with E-state index in [1.165, 1.54) is 0 Å². The van der Waals surface area contributed by atoms with Gasteiger partial charge in [0.2, 0.25) is 5.91 Å². The molecule has 14 heavy (non-hydrogen) atoms. The highest BCUT2D eigenvalue weighted by Crippen LogP contribution is 2.13. The van der Waals surface area contributed by atoms with Gasteiger partial charge in [-0.2, -0.15) is 0 Å². The van der Waals surface area contributed by atoms with Crippen LogP contribution in [0, 0.1) is 0 Å². The zero-order valence-electron chi connectivity index (χ0n) is 7.40. The van der Waals surface area contributed by atoms with Crippen LogP contribution in [-0.4, -0.2) is 23.7 Å². The molecule has 0 bridgehead atoms. The van der Waals surface area contributed by atoms with Crippen LogP contribution in [-0.2, 0) is 4.79 Å². The van der Waals surface area contributed by atoms with Crippen molar-refractivity contribution in [2.24, 2.45) is 5.73 Å². The number of nitrogens with two attached hydrogens (primary N) is 1. The first kappa shape index (κ1) is 11.2. The number of anilines is 1. The van der Waals surface area contributed by atoms with Crippen LogP contribution in [0.1, 0.15) is 0 Å². The second-order valence-corrected chi connectivity index (χ2v) is 3.70. The molecule has 0 radical (unpaired) electrons. The van der Waals surface area contributed by atoms with Gasteiger partial charge in [0.25, 0.3) is 0 Å². The van der Waals surface area contributed by atoms with E-state index < -0.39 is 11.9 Å². The molecule has 0 aliphatic carbocycles. The van der Waals surface area contributed by atoms with Crippen LogP contribution in [0.4, 0.5) is 5.69 Å². The highest BCUT2D eigenvalue weighted by Gasteiger charge is 2.11. The lowest BCUT2D eigenvalue weighted by Gasteiger charge is -2.09. The van der Waals surface area contributed by atoms with Crippen molar-refractivity contribution in [2.45, 2.75) is 6.04 Å². The predicted molar refractivity (Wildman–Crippen MR) is 57.8 cm³/mol. The fourth-order valence-corrected chi connectivity index (χ4v) is 1.12. The Morgan fingerprint density at radius 1 is 1.50 bits per heavy atom. The molecule has 0 aliphatic heterocycles. The average molecular weight is 259 g/mol. The van der Waals surface area contributed by atoms with Crippen molar-refractivity contribution in [1.82, 2.24) is 0 Å². The molecule has 0 aromatic heterocycles. The molecule has 1 aromatic rings. The minimum Gasteiger partial charge on any atom is -0.394 e. The van der Waals surface area contributed by atoms with E-state index in [0.717, 1.165) is 4.47 Å². The molecule has 0 saturated carbocycles. The highest BCUT2D eigenvalue weighted by atomic mass is 79.9. The Balaban J connectivity index is 2.60. The maximum absolute atomic E-state index is 11.2. The van der Waals surface area contributed by atoms with E-state index in [0.29, 0.717) is 5.69 Å². The van der Waals surface area contributed by atoms with Crippen molar-refractivity contribution in [2.75, 3.05) is 11.9 Å². The summed E-state index contributed by atoms with van der Waals surface area (Å²) in [4.78, 5) is 11.2. The van der Waals surface area contributed by atoms with Crippen molar-refractivity contribution >= 4 is 27.5 Å². The molecule has 1 aromatic carbocycles. The predicted octanol–water partition coefficient (Wildman–Crippen LogP) is 0.707. The van der Waals surface area contributed by atoms with Crippen molar-refractivity contribution in [3.05, 3.63) is 28.7 Å². The quantitative estimate of drug-likeness (QED) is 0.748. The van der Waals surface area contributed by atoms with Gasteiger partial charge in [-0.15, -0.1) is 0 Å². The van der Waals surface area contributed by atoms with E-state index in [1.807, 2.05) is 0 Å². The molecule has 0 aliphatic rings. The van der Waals surface area contributed by atoms with Crippen LogP contribution < -0.4 is 11.1 Å². The van der Waals surface area contributed by atoms with Crippen LogP contribution in [0.15, 0.2) is 28.7 Å². The van der Waals surface area contributed by atoms with Gasteiger partial charge in [-0.25, -0.2) is 0 Å². The van der Waals surface area contributed by atoms with E-state index in [-0.39, 0.29) is 6.61 Å². The number of rotatable bonds is 3. The van der Waals surface area contributed by atoms with Gasteiger partial charge in [0.1, 0.15) is 6.04 Å². The molecule has 76 valence electrons. The normalized spacial score (nSPS) is 12.2. The van der Waals surface area contributed by atoms with Crippen LogP contribution in [0.5, 0.6) is 0 Å². The summed E-state index contributed by atoms with van der Waals surface area (Å²) >= 11 is 3.28. The SMILES string of the molecule is NC(CO)C(=O)Nc1ccc(Br)cc1. The summed E-state index contributed by atoms with van der Waals surface area (Å²) in [5.74, 6) is -0.394. The summed E-state index contributed by atoms with van der Waals surface area (Å²) in [6.45, 7) is -0.359. The molecule has 1 amide bonds. The van der Waals surface area contributed by atoms with Crippen LogP contribution in [0.25, 0.3) is 0 Å². The number of hydrogen-bond acceptors (Lipinski definition) is 3. The first-order chi connectivity index (χ1) is 6.63. The summed E-state index contributed by atoms with van der Waals surface area (Å²) in [7, 11) is 0. The van der Waals surface area contributed by atoms with E-state index >= 15 is 0 Å². The third-order valence-corrected chi connectivity index (χ3v) is 2.17. The maximum atomic E-state index is 11.2. The van der Waals surface area contributed by atoms with Gasteiger partial charge < -0.3 is 16.2 Å². The number of carbonyl (C=O) groups excluding carboxylic acids is 1. The van der Waals surface area contributed by atoms with Gasteiger partial charge in [0, 0.05) is 10.2 Å². The number of carbonyl (C=O) groups is 1. The summed E-state index contributed by atoms with van der Waals surface area (Å²) in [5, 5.41) is 11.2. The Labute approximate surface area is 90.2 Å². The third kappa shape index (κ3) is 3.10. The van der Waals surface area contributed by atoms with Crippen molar-refractivity contribution in [1.29, 1.82) is 0 Å². The van der Waals surface area contributed by atoms with Gasteiger partial charge in [0.15, 0.2) is 0 Å². The van der Waals surface area contributed by atoms with Crippen molar-refractivity contribution in [3.63, 3.8) is 0 Å². The molecule has 0 heterocycles. The number of halogens is 1. The minimum atomic E-state index is -0.876. The van der Waals surface area contributed by atoms with E-state index in [9.17, 15) is 4.79 Å². The molecule has 1 rings (SSSR count). The fourth-order valence-electron chi connectivity index (χ4n) is 0.851. The lowest BCUT2D eigenvalue weighted by atomic mass is 10.3. The molecular formula is C9H11BrN2O2. The summed E-state index contributed by atoms with van der Waals surface area (Å²) in [6, 6.07) is 6.22. The molecule has 4 N–H and O–H groups in total. The second kappa shape index (κ2) is 5.09. The Kier molecular flexibility index (Phi) is 4.06. The number of benzene rings is 1. The fraction of sp³-hybridized carbons (Fsp3) is 0.222. The lowest BCUT2D eigenvalue weighted by Crippen LogP contribution is -2.38. The number of amides is 1. The van der Waals surface area contributed by atoms with Crippen LogP contribution >= 0.6 is 15.9 Å². The van der Waals surface area contributed by atoms with E-state index in [4.69, 9.17) is 10.8 Å². The Bertz CT molecular complexity index is 313. The highest BCUT2D eigenvalue weighted by molar-refractivity contribution is 9.10. The number of aliphatic hydroxyl groups excluding tert-OH is 1.